The molecule has 0 aromatic heterocycles. The molecule has 3 heteroatoms. The van der Waals surface area contributed by atoms with E-state index in [1.807, 2.05) is 0 Å². The van der Waals surface area contributed by atoms with Crippen molar-refractivity contribution in [3.63, 3.8) is 0 Å². The molecule has 1 fully saturated rings. The molecule has 90 valence electrons. The average Bonchev–Trinajstić information content (AvgIpc) is 2.26. The van der Waals surface area contributed by atoms with Gasteiger partial charge in [-0.2, -0.15) is 0 Å². The number of hydrogen-bond donors (Lipinski definition) is 0. The third-order valence-electron chi connectivity index (χ3n) is 4.31. The van der Waals surface area contributed by atoms with Crippen LogP contribution in [0.4, 0.5) is 0 Å². The Morgan fingerprint density at radius 2 is 1.80 bits per heavy atom. The van der Waals surface area contributed by atoms with Crippen LogP contribution in [0.1, 0.15) is 52.9 Å². The summed E-state index contributed by atoms with van der Waals surface area (Å²) < 4.78 is 23.0. The topological polar surface area (TPSA) is 34.1 Å². The molecular formula is C12H24O2S. The van der Waals surface area contributed by atoms with Gasteiger partial charge < -0.3 is 0 Å². The normalized spacial score (nSPS) is 34.1. The van der Waals surface area contributed by atoms with Gasteiger partial charge in [0.05, 0.1) is 5.25 Å². The minimum absolute atomic E-state index is 0.0851. The van der Waals surface area contributed by atoms with Crippen LogP contribution < -0.4 is 0 Å². The lowest BCUT2D eigenvalue weighted by Crippen LogP contribution is -2.24. The second-order valence-electron chi connectivity index (χ2n) is 5.69. The van der Waals surface area contributed by atoms with Gasteiger partial charge in [-0.25, -0.2) is 8.42 Å². The molecule has 2 atom stereocenters. The molecule has 0 aliphatic heterocycles. The lowest BCUT2D eigenvalue weighted by Gasteiger charge is -2.32. The highest BCUT2D eigenvalue weighted by molar-refractivity contribution is 7.91. The zero-order valence-corrected chi connectivity index (χ0v) is 11.2. The van der Waals surface area contributed by atoms with E-state index in [1.165, 1.54) is 12.7 Å². The highest BCUT2D eigenvalue weighted by Crippen LogP contribution is 2.41. The van der Waals surface area contributed by atoms with Crippen molar-refractivity contribution < 1.29 is 8.42 Å². The summed E-state index contributed by atoms with van der Waals surface area (Å²) in [4.78, 5) is 0. The van der Waals surface area contributed by atoms with E-state index in [1.54, 1.807) is 0 Å². The third-order valence-corrected chi connectivity index (χ3v) is 5.99. The lowest BCUT2D eigenvalue weighted by molar-refractivity contribution is 0.185. The predicted octanol–water partition coefficient (Wildman–Crippen LogP) is 3.03. The Balaban J connectivity index is 2.72. The molecule has 0 aromatic carbocycles. The van der Waals surface area contributed by atoms with E-state index in [-0.39, 0.29) is 5.25 Å². The first kappa shape index (κ1) is 13.0. The molecule has 0 amide bonds. The fraction of sp³-hybridized carbons (Fsp3) is 1.00. The lowest BCUT2D eigenvalue weighted by atomic mass is 9.73. The zero-order chi connectivity index (χ0) is 11.7. The van der Waals surface area contributed by atoms with Crippen LogP contribution in [0.25, 0.3) is 0 Å². The van der Waals surface area contributed by atoms with Crippen LogP contribution in [0.2, 0.25) is 0 Å². The zero-order valence-electron chi connectivity index (χ0n) is 10.4. The van der Waals surface area contributed by atoms with Crippen LogP contribution in [0, 0.1) is 11.3 Å². The SMILES string of the molecule is CC(C)C1(C)CCCC(S(C)(=O)=O)CC1. The first-order valence-corrected chi connectivity index (χ1v) is 7.90. The molecule has 0 spiro atoms. The van der Waals surface area contributed by atoms with Crippen molar-refractivity contribution in [3.05, 3.63) is 0 Å². The van der Waals surface area contributed by atoms with Gasteiger partial charge >= 0.3 is 0 Å². The summed E-state index contributed by atoms with van der Waals surface area (Å²) in [6.45, 7) is 6.81. The molecule has 0 saturated heterocycles. The second-order valence-corrected chi connectivity index (χ2v) is 8.02. The molecular weight excluding hydrogens is 208 g/mol. The third kappa shape index (κ3) is 3.20. The Kier molecular flexibility index (Phi) is 3.85. The Labute approximate surface area is 94.4 Å². The van der Waals surface area contributed by atoms with Crippen LogP contribution in [0.15, 0.2) is 0 Å². The van der Waals surface area contributed by atoms with Crippen molar-refractivity contribution in [2.45, 2.75) is 58.1 Å². The van der Waals surface area contributed by atoms with E-state index in [0.29, 0.717) is 11.3 Å². The quantitative estimate of drug-likeness (QED) is 0.686. The van der Waals surface area contributed by atoms with Crippen LogP contribution >= 0.6 is 0 Å². The van der Waals surface area contributed by atoms with Crippen molar-refractivity contribution in [3.8, 4) is 0 Å². The highest BCUT2D eigenvalue weighted by Gasteiger charge is 2.34. The Morgan fingerprint density at radius 3 is 2.27 bits per heavy atom. The molecule has 2 unspecified atom stereocenters. The molecule has 2 nitrogen and oxygen atoms in total. The van der Waals surface area contributed by atoms with Crippen molar-refractivity contribution in [2.75, 3.05) is 6.26 Å². The van der Waals surface area contributed by atoms with Gasteiger partial charge in [0, 0.05) is 6.26 Å². The van der Waals surface area contributed by atoms with Crippen LogP contribution in [-0.2, 0) is 9.84 Å². The van der Waals surface area contributed by atoms with Gasteiger partial charge in [-0.05, 0) is 37.0 Å². The van der Waals surface area contributed by atoms with Crippen LogP contribution in [-0.4, -0.2) is 19.9 Å². The molecule has 1 saturated carbocycles. The fourth-order valence-corrected chi connectivity index (χ4v) is 3.64. The fourth-order valence-electron chi connectivity index (χ4n) is 2.50. The molecule has 15 heavy (non-hydrogen) atoms. The first-order chi connectivity index (χ1) is 6.76. The van der Waals surface area contributed by atoms with Crippen molar-refractivity contribution in [2.24, 2.45) is 11.3 Å². The predicted molar refractivity (Wildman–Crippen MR) is 64.7 cm³/mol. The first-order valence-electron chi connectivity index (χ1n) is 5.94. The van der Waals surface area contributed by atoms with E-state index in [0.717, 1.165) is 25.7 Å². The van der Waals surface area contributed by atoms with Gasteiger partial charge in [-0.1, -0.05) is 27.2 Å². The Hall–Kier alpha value is -0.0500. The average molecular weight is 232 g/mol. The molecule has 1 aliphatic carbocycles. The van der Waals surface area contributed by atoms with E-state index < -0.39 is 9.84 Å². The maximum Gasteiger partial charge on any atom is 0.150 e. The van der Waals surface area contributed by atoms with E-state index in [2.05, 4.69) is 20.8 Å². The number of sulfone groups is 1. The molecule has 1 aliphatic rings. The highest BCUT2D eigenvalue weighted by atomic mass is 32.2. The van der Waals surface area contributed by atoms with Gasteiger partial charge in [0.1, 0.15) is 9.84 Å². The van der Waals surface area contributed by atoms with Gasteiger partial charge in [-0.3, -0.25) is 0 Å². The summed E-state index contributed by atoms with van der Waals surface area (Å²) >= 11 is 0. The van der Waals surface area contributed by atoms with Gasteiger partial charge in [0.15, 0.2) is 0 Å². The number of rotatable bonds is 2. The largest absolute Gasteiger partial charge is 0.229 e. The summed E-state index contributed by atoms with van der Waals surface area (Å²) in [5.74, 6) is 0.649. The van der Waals surface area contributed by atoms with Gasteiger partial charge in [0.2, 0.25) is 0 Å². The summed E-state index contributed by atoms with van der Waals surface area (Å²) in [5, 5.41) is -0.0851. The maximum atomic E-state index is 11.5. The number of hydrogen-bond acceptors (Lipinski definition) is 2. The minimum Gasteiger partial charge on any atom is -0.229 e. The van der Waals surface area contributed by atoms with Gasteiger partial charge in [-0.15, -0.1) is 0 Å². The summed E-state index contributed by atoms with van der Waals surface area (Å²) in [6.07, 6.45) is 6.40. The monoisotopic (exact) mass is 232 g/mol. The smallest absolute Gasteiger partial charge is 0.150 e. The van der Waals surface area contributed by atoms with Crippen molar-refractivity contribution >= 4 is 9.84 Å². The van der Waals surface area contributed by atoms with Crippen molar-refractivity contribution in [1.29, 1.82) is 0 Å². The van der Waals surface area contributed by atoms with Crippen LogP contribution in [0.3, 0.4) is 0 Å². The standard InChI is InChI=1S/C12H24O2S/c1-10(2)12(3)8-5-6-11(7-9-12)15(4,13)14/h10-11H,5-9H2,1-4H3. The maximum absolute atomic E-state index is 11.5. The summed E-state index contributed by atoms with van der Waals surface area (Å²) in [6, 6.07) is 0. The van der Waals surface area contributed by atoms with E-state index in [9.17, 15) is 8.42 Å². The van der Waals surface area contributed by atoms with Crippen molar-refractivity contribution in [1.82, 2.24) is 0 Å². The molecule has 0 radical (unpaired) electrons. The molecule has 1 rings (SSSR count). The summed E-state index contributed by atoms with van der Waals surface area (Å²) in [7, 11) is -2.83. The molecule has 0 aromatic rings. The second kappa shape index (κ2) is 4.44. The minimum atomic E-state index is -2.83. The van der Waals surface area contributed by atoms with E-state index in [4.69, 9.17) is 0 Å². The molecule has 0 heterocycles. The van der Waals surface area contributed by atoms with E-state index >= 15 is 0 Å². The Morgan fingerprint density at radius 1 is 1.20 bits per heavy atom. The molecule has 0 N–H and O–H groups in total. The van der Waals surface area contributed by atoms with Gasteiger partial charge in [0.25, 0.3) is 0 Å². The Bertz CT molecular complexity index is 306. The van der Waals surface area contributed by atoms with Crippen LogP contribution in [0.5, 0.6) is 0 Å². The summed E-state index contributed by atoms with van der Waals surface area (Å²) in [5.41, 5.74) is 0.347. The molecule has 0 bridgehead atoms.